The van der Waals surface area contributed by atoms with E-state index in [1.807, 2.05) is 0 Å². The number of carbonyl (C=O) groups excluding carboxylic acids is 1. The molecule has 1 atom stereocenters. The second kappa shape index (κ2) is 5.20. The largest absolute Gasteiger partial charge is 0.475 e. The fourth-order valence-corrected chi connectivity index (χ4v) is 1.99. The highest BCUT2D eigenvalue weighted by Gasteiger charge is 2.34. The predicted octanol–water partition coefficient (Wildman–Crippen LogP) is -0.495. The number of nitrogens with one attached hydrogen (secondary N) is 1. The number of ketones is 1. The van der Waals surface area contributed by atoms with Crippen LogP contribution in [-0.2, 0) is 9.59 Å². The van der Waals surface area contributed by atoms with Crippen LogP contribution in [0.15, 0.2) is 0 Å². The highest BCUT2D eigenvalue weighted by Crippen LogP contribution is 2.26. The van der Waals surface area contributed by atoms with Gasteiger partial charge in [-0.3, -0.25) is 4.79 Å². The van der Waals surface area contributed by atoms with E-state index in [0.29, 0.717) is 12.8 Å². The van der Waals surface area contributed by atoms with E-state index in [9.17, 15) is 9.59 Å². The van der Waals surface area contributed by atoms with Gasteiger partial charge in [0.2, 0.25) is 0 Å². The van der Waals surface area contributed by atoms with Gasteiger partial charge in [-0.15, -0.1) is 0 Å². The van der Waals surface area contributed by atoms with Crippen molar-refractivity contribution >= 4 is 11.8 Å². The minimum Gasteiger partial charge on any atom is -0.475 e. The summed E-state index contributed by atoms with van der Waals surface area (Å²) < 4.78 is 0. The van der Waals surface area contributed by atoms with Crippen molar-refractivity contribution in [3.8, 4) is 0 Å². The van der Waals surface area contributed by atoms with Gasteiger partial charge < -0.3 is 16.0 Å². The lowest BCUT2D eigenvalue weighted by Crippen LogP contribution is -2.46. The molecule has 0 heterocycles. The average Bonchev–Trinajstić information content (AvgIpc) is 2.21. The minimum absolute atomic E-state index is 0.125. The van der Waals surface area contributed by atoms with Gasteiger partial charge in [0.25, 0.3) is 5.78 Å². The molecule has 0 spiro atoms. The van der Waals surface area contributed by atoms with Crippen LogP contribution in [0, 0.1) is 5.92 Å². The van der Waals surface area contributed by atoms with E-state index >= 15 is 0 Å². The molecule has 0 aromatic rings. The van der Waals surface area contributed by atoms with E-state index in [4.69, 9.17) is 16.0 Å². The van der Waals surface area contributed by atoms with Gasteiger partial charge in [0.1, 0.15) is 6.04 Å². The van der Waals surface area contributed by atoms with Crippen LogP contribution in [0.1, 0.15) is 25.7 Å². The highest BCUT2D eigenvalue weighted by molar-refractivity contribution is 6.34. The molecule has 1 aliphatic carbocycles. The number of hydrogen-bond acceptors (Lipinski definition) is 5. The molecule has 1 fully saturated rings. The van der Waals surface area contributed by atoms with Crippen LogP contribution in [-0.4, -0.2) is 34.2 Å². The molecule has 1 rings (SSSR count). The first-order valence-corrected chi connectivity index (χ1v) is 4.98. The van der Waals surface area contributed by atoms with Gasteiger partial charge in [-0.2, -0.15) is 5.48 Å². The lowest BCUT2D eigenvalue weighted by molar-refractivity contribution is -0.152. The zero-order valence-corrected chi connectivity index (χ0v) is 8.35. The second-order valence-corrected chi connectivity index (χ2v) is 3.95. The van der Waals surface area contributed by atoms with Crippen molar-refractivity contribution < 1.29 is 19.9 Å². The molecule has 0 aliphatic heterocycles. The lowest BCUT2D eigenvalue weighted by atomic mass is 9.81. The van der Waals surface area contributed by atoms with Crippen molar-refractivity contribution in [2.45, 2.75) is 37.8 Å². The van der Waals surface area contributed by atoms with Gasteiger partial charge in [-0.1, -0.05) is 0 Å². The normalized spacial score (nSPS) is 28.4. The quantitative estimate of drug-likeness (QED) is 0.372. The van der Waals surface area contributed by atoms with Gasteiger partial charge >= 0.3 is 5.97 Å². The molecular weight excluding hydrogens is 200 g/mol. The Morgan fingerprint density at radius 1 is 1.27 bits per heavy atom. The molecular formula is C9H16N2O4. The molecule has 0 amide bonds. The Kier molecular flexibility index (Phi) is 4.19. The van der Waals surface area contributed by atoms with Crippen LogP contribution in [0.3, 0.4) is 0 Å². The Labute approximate surface area is 87.4 Å². The van der Waals surface area contributed by atoms with Crippen molar-refractivity contribution in [3.05, 3.63) is 0 Å². The number of rotatable bonds is 4. The molecule has 5 N–H and O–H groups in total. The maximum atomic E-state index is 11.2. The third-order valence-corrected chi connectivity index (χ3v) is 2.92. The van der Waals surface area contributed by atoms with E-state index < -0.39 is 17.8 Å². The maximum Gasteiger partial charge on any atom is 0.373 e. The van der Waals surface area contributed by atoms with Crippen LogP contribution >= 0.6 is 0 Å². The lowest BCUT2D eigenvalue weighted by Gasteiger charge is -2.30. The van der Waals surface area contributed by atoms with Gasteiger partial charge in [0.05, 0.1) is 0 Å². The summed E-state index contributed by atoms with van der Waals surface area (Å²) in [6, 6.07) is -0.879. The summed E-state index contributed by atoms with van der Waals surface area (Å²) in [5.74, 6) is -2.65. The van der Waals surface area contributed by atoms with E-state index in [-0.39, 0.29) is 12.0 Å². The van der Waals surface area contributed by atoms with Gasteiger partial charge in [0, 0.05) is 6.04 Å². The van der Waals surface area contributed by atoms with Crippen LogP contribution in [0.2, 0.25) is 0 Å². The molecule has 1 saturated carbocycles. The molecule has 86 valence electrons. The predicted molar refractivity (Wildman–Crippen MR) is 51.3 cm³/mol. The molecule has 0 aromatic heterocycles. The summed E-state index contributed by atoms with van der Waals surface area (Å²) >= 11 is 0. The maximum absolute atomic E-state index is 11.2. The first-order valence-electron chi connectivity index (χ1n) is 4.98. The number of nitrogens with two attached hydrogens (primary N) is 1. The number of hydrogen-bond donors (Lipinski definition) is 4. The third-order valence-electron chi connectivity index (χ3n) is 2.92. The summed E-state index contributed by atoms with van der Waals surface area (Å²) in [6.07, 6.45) is 2.85. The Balaban J connectivity index is 2.59. The van der Waals surface area contributed by atoms with Crippen molar-refractivity contribution in [2.24, 2.45) is 11.7 Å². The minimum atomic E-state index is -1.52. The zero-order chi connectivity index (χ0) is 11.4. The Bertz CT molecular complexity index is 248. The second-order valence-electron chi connectivity index (χ2n) is 3.95. The number of hydroxylamine groups is 1. The van der Waals surface area contributed by atoms with E-state index in [2.05, 4.69) is 0 Å². The summed E-state index contributed by atoms with van der Waals surface area (Å²) in [6.45, 7) is 0. The van der Waals surface area contributed by atoms with E-state index in [1.54, 1.807) is 5.48 Å². The first-order chi connectivity index (χ1) is 7.06. The molecule has 15 heavy (non-hydrogen) atoms. The van der Waals surface area contributed by atoms with Crippen LogP contribution in [0.4, 0.5) is 0 Å². The van der Waals surface area contributed by atoms with E-state index in [1.165, 1.54) is 0 Å². The van der Waals surface area contributed by atoms with E-state index in [0.717, 1.165) is 12.8 Å². The average molecular weight is 216 g/mol. The summed E-state index contributed by atoms with van der Waals surface area (Å²) in [4.78, 5) is 21.7. The Morgan fingerprint density at radius 2 is 1.80 bits per heavy atom. The smallest absolute Gasteiger partial charge is 0.373 e. The third kappa shape index (κ3) is 2.98. The topological polar surface area (TPSA) is 113 Å². The first kappa shape index (κ1) is 12.1. The highest BCUT2D eigenvalue weighted by atomic mass is 16.5. The van der Waals surface area contributed by atoms with Gasteiger partial charge in [-0.05, 0) is 31.6 Å². The van der Waals surface area contributed by atoms with Crippen molar-refractivity contribution in [1.29, 1.82) is 0 Å². The molecule has 0 bridgehead atoms. The van der Waals surface area contributed by atoms with Gasteiger partial charge in [-0.25, -0.2) is 4.79 Å². The number of Topliss-reactive ketones (excluding diaryl/α,β-unsaturated/α-hetero) is 1. The number of carboxylic acid groups (broad SMARTS) is 1. The van der Waals surface area contributed by atoms with Crippen LogP contribution in [0.25, 0.3) is 0 Å². The fourth-order valence-electron chi connectivity index (χ4n) is 1.99. The molecule has 0 aromatic carbocycles. The standard InChI is InChI=1S/C9H16N2O4/c10-6-3-1-5(2-4-6)7(11-15)8(12)9(13)14/h5-7,11,15H,1-4,10H2,(H,13,14). The monoisotopic (exact) mass is 216 g/mol. The molecule has 6 nitrogen and oxygen atoms in total. The number of carbonyl (C=O) groups is 2. The number of aliphatic carboxylic acids is 1. The number of carboxylic acids is 1. The molecule has 1 aliphatic rings. The fraction of sp³-hybridized carbons (Fsp3) is 0.778. The van der Waals surface area contributed by atoms with Crippen molar-refractivity contribution in [1.82, 2.24) is 5.48 Å². The van der Waals surface area contributed by atoms with Crippen LogP contribution in [0.5, 0.6) is 0 Å². The molecule has 0 saturated heterocycles. The zero-order valence-electron chi connectivity index (χ0n) is 8.35. The SMILES string of the molecule is NC1CCC(C(NO)C(=O)C(=O)O)CC1. The summed E-state index contributed by atoms with van der Waals surface area (Å²) in [5.41, 5.74) is 7.49. The molecule has 1 unspecified atom stereocenters. The van der Waals surface area contributed by atoms with Crippen molar-refractivity contribution in [2.75, 3.05) is 0 Å². The Hall–Kier alpha value is -0.980. The van der Waals surface area contributed by atoms with Crippen molar-refractivity contribution in [3.63, 3.8) is 0 Å². The van der Waals surface area contributed by atoms with Crippen LogP contribution < -0.4 is 11.2 Å². The summed E-state index contributed by atoms with van der Waals surface area (Å²) in [7, 11) is 0. The molecule has 0 radical (unpaired) electrons. The Morgan fingerprint density at radius 3 is 2.20 bits per heavy atom. The van der Waals surface area contributed by atoms with Gasteiger partial charge in [0.15, 0.2) is 0 Å². The summed E-state index contributed by atoms with van der Waals surface area (Å²) in [5, 5.41) is 17.3. The molecule has 6 heteroatoms.